The molecule has 4 heterocycles. The lowest BCUT2D eigenvalue weighted by molar-refractivity contribution is 0.0625. The molecule has 1 aliphatic rings. The lowest BCUT2D eigenvalue weighted by Crippen LogP contribution is -2.48. The number of aromatic nitrogens is 4. The highest BCUT2D eigenvalue weighted by atomic mass is 32.1. The number of benzene rings is 1. The molecule has 176 valence electrons. The van der Waals surface area contributed by atoms with Gasteiger partial charge < -0.3 is 4.90 Å². The molecule has 5 rings (SSSR count). The monoisotopic (exact) mass is 480 g/mol. The highest BCUT2D eigenvalue weighted by Gasteiger charge is 2.27. The summed E-state index contributed by atoms with van der Waals surface area (Å²) in [7, 11) is 0. The predicted molar refractivity (Wildman–Crippen MR) is 128 cm³/mol. The summed E-state index contributed by atoms with van der Waals surface area (Å²) < 4.78 is 16.6. The van der Waals surface area contributed by atoms with Crippen molar-refractivity contribution in [2.75, 3.05) is 26.2 Å². The fourth-order valence-electron chi connectivity index (χ4n) is 4.34. The van der Waals surface area contributed by atoms with Crippen molar-refractivity contribution in [3.63, 3.8) is 0 Å². The minimum atomic E-state index is -0.313. The SMILES string of the molecule is CC(C)c1c(C(=O)N2CCN(Cc3cc(=O)n4ccsc4n3)CC2)cnn1-c1ccc(F)cc1. The summed E-state index contributed by atoms with van der Waals surface area (Å²) in [6, 6.07) is 7.68. The number of rotatable bonds is 5. The largest absolute Gasteiger partial charge is 0.336 e. The number of hydrogen-bond donors (Lipinski definition) is 0. The maximum Gasteiger partial charge on any atom is 0.258 e. The van der Waals surface area contributed by atoms with Crippen molar-refractivity contribution in [1.82, 2.24) is 29.0 Å². The summed E-state index contributed by atoms with van der Waals surface area (Å²) in [6.45, 7) is 7.17. The van der Waals surface area contributed by atoms with Crippen LogP contribution in [0.5, 0.6) is 0 Å². The second-order valence-corrected chi connectivity index (χ2v) is 9.57. The number of thiazole rings is 1. The molecule has 10 heteroatoms. The van der Waals surface area contributed by atoms with Crippen LogP contribution in [0.25, 0.3) is 10.6 Å². The van der Waals surface area contributed by atoms with E-state index >= 15 is 0 Å². The van der Waals surface area contributed by atoms with Crippen LogP contribution < -0.4 is 5.56 Å². The number of amides is 1. The van der Waals surface area contributed by atoms with Gasteiger partial charge >= 0.3 is 0 Å². The highest BCUT2D eigenvalue weighted by Crippen LogP contribution is 2.25. The summed E-state index contributed by atoms with van der Waals surface area (Å²) in [4.78, 5) is 35.0. The zero-order chi connectivity index (χ0) is 23.8. The van der Waals surface area contributed by atoms with Gasteiger partial charge in [-0.2, -0.15) is 5.10 Å². The van der Waals surface area contributed by atoms with Crippen LogP contribution >= 0.6 is 11.3 Å². The van der Waals surface area contributed by atoms with E-state index in [1.54, 1.807) is 39.7 Å². The Morgan fingerprint density at radius 2 is 1.88 bits per heavy atom. The van der Waals surface area contributed by atoms with Gasteiger partial charge in [-0.25, -0.2) is 14.1 Å². The standard InChI is InChI=1S/C24H25FN6O2S/c1-16(2)22-20(14-26-31(22)19-5-3-17(25)4-6-19)23(33)29-9-7-28(8-10-29)15-18-13-21(32)30-11-12-34-24(30)27-18/h3-6,11-14,16H,7-10,15H2,1-2H3. The molecule has 0 aliphatic carbocycles. The van der Waals surface area contributed by atoms with Crippen molar-refractivity contribution in [2.45, 2.75) is 26.3 Å². The third-order valence-corrected chi connectivity index (χ3v) is 6.81. The Bertz CT molecular complexity index is 1380. The molecule has 0 saturated carbocycles. The predicted octanol–water partition coefficient (Wildman–Crippen LogP) is 3.16. The number of hydrogen-bond acceptors (Lipinski definition) is 6. The maximum atomic E-state index is 13.4. The zero-order valence-corrected chi connectivity index (χ0v) is 19.8. The van der Waals surface area contributed by atoms with Gasteiger partial charge in [-0.3, -0.25) is 18.9 Å². The molecule has 0 radical (unpaired) electrons. The third kappa shape index (κ3) is 4.26. The number of fused-ring (bicyclic) bond motifs is 1. The molecule has 3 aromatic heterocycles. The quantitative estimate of drug-likeness (QED) is 0.439. The molecule has 34 heavy (non-hydrogen) atoms. The van der Waals surface area contributed by atoms with Crippen LogP contribution in [0.3, 0.4) is 0 Å². The van der Waals surface area contributed by atoms with Gasteiger partial charge in [0.1, 0.15) is 5.82 Å². The highest BCUT2D eigenvalue weighted by molar-refractivity contribution is 7.15. The van der Waals surface area contributed by atoms with Crippen LogP contribution in [0.4, 0.5) is 4.39 Å². The Balaban J connectivity index is 1.29. The minimum Gasteiger partial charge on any atom is -0.336 e. The normalized spacial score (nSPS) is 14.9. The zero-order valence-electron chi connectivity index (χ0n) is 19.0. The van der Waals surface area contributed by atoms with E-state index in [0.717, 1.165) is 17.1 Å². The Hall–Kier alpha value is -3.37. The molecule has 1 fully saturated rings. The van der Waals surface area contributed by atoms with Gasteiger partial charge in [-0.1, -0.05) is 13.8 Å². The van der Waals surface area contributed by atoms with E-state index in [4.69, 9.17) is 0 Å². The van der Waals surface area contributed by atoms with Gasteiger partial charge in [0.25, 0.3) is 11.5 Å². The smallest absolute Gasteiger partial charge is 0.258 e. The van der Waals surface area contributed by atoms with Crippen LogP contribution in [0.2, 0.25) is 0 Å². The van der Waals surface area contributed by atoms with Crippen LogP contribution in [0, 0.1) is 5.82 Å². The van der Waals surface area contributed by atoms with Crippen LogP contribution in [-0.4, -0.2) is 61.1 Å². The summed E-state index contributed by atoms with van der Waals surface area (Å²) >= 11 is 1.44. The van der Waals surface area contributed by atoms with Gasteiger partial charge in [0, 0.05) is 50.4 Å². The van der Waals surface area contributed by atoms with Crippen molar-refractivity contribution in [3.8, 4) is 5.69 Å². The van der Waals surface area contributed by atoms with E-state index in [1.165, 1.54) is 23.5 Å². The average molecular weight is 481 g/mol. The summed E-state index contributed by atoms with van der Waals surface area (Å²) in [5, 5.41) is 6.30. The topological polar surface area (TPSA) is 75.7 Å². The Morgan fingerprint density at radius 3 is 2.59 bits per heavy atom. The molecule has 0 N–H and O–H groups in total. The molecule has 0 bridgehead atoms. The van der Waals surface area contributed by atoms with Crippen molar-refractivity contribution >= 4 is 22.2 Å². The van der Waals surface area contributed by atoms with Crippen molar-refractivity contribution < 1.29 is 9.18 Å². The number of nitrogens with zero attached hydrogens (tertiary/aromatic N) is 6. The molecule has 0 unspecified atom stereocenters. The first-order valence-electron chi connectivity index (χ1n) is 11.2. The molecule has 8 nitrogen and oxygen atoms in total. The maximum absolute atomic E-state index is 13.4. The second kappa shape index (κ2) is 9.11. The van der Waals surface area contributed by atoms with E-state index in [9.17, 15) is 14.0 Å². The lowest BCUT2D eigenvalue weighted by Gasteiger charge is -2.34. The number of carbonyl (C=O) groups excluding carboxylic acids is 1. The van der Waals surface area contributed by atoms with Crippen LogP contribution in [0.15, 0.2) is 52.9 Å². The second-order valence-electron chi connectivity index (χ2n) is 8.70. The number of piperazine rings is 1. The molecular weight excluding hydrogens is 455 g/mol. The molecule has 0 atom stereocenters. The first-order chi connectivity index (χ1) is 16.4. The molecule has 1 aliphatic heterocycles. The van der Waals surface area contributed by atoms with Gasteiger partial charge in [0.2, 0.25) is 0 Å². The summed E-state index contributed by atoms with van der Waals surface area (Å²) in [5.41, 5.74) is 2.78. The summed E-state index contributed by atoms with van der Waals surface area (Å²) in [6.07, 6.45) is 3.34. The molecule has 1 amide bonds. The van der Waals surface area contributed by atoms with Gasteiger partial charge in [-0.05, 0) is 30.2 Å². The first-order valence-corrected chi connectivity index (χ1v) is 12.1. The Kier molecular flexibility index (Phi) is 6.01. The fraction of sp³-hybridized carbons (Fsp3) is 0.333. The van der Waals surface area contributed by atoms with Crippen LogP contribution in [0.1, 0.15) is 41.5 Å². The van der Waals surface area contributed by atoms with Crippen molar-refractivity contribution in [3.05, 3.63) is 81.2 Å². The molecule has 1 saturated heterocycles. The Morgan fingerprint density at radius 1 is 1.15 bits per heavy atom. The minimum absolute atomic E-state index is 0.0481. The van der Waals surface area contributed by atoms with E-state index in [1.807, 2.05) is 24.1 Å². The Labute approximate surface area is 199 Å². The van der Waals surface area contributed by atoms with E-state index in [0.29, 0.717) is 43.2 Å². The number of carbonyl (C=O) groups is 1. The third-order valence-electron chi connectivity index (χ3n) is 6.06. The first kappa shape index (κ1) is 22.4. The molecule has 4 aromatic rings. The van der Waals surface area contributed by atoms with Gasteiger partial charge in [-0.15, -0.1) is 11.3 Å². The van der Waals surface area contributed by atoms with E-state index in [-0.39, 0.29) is 23.2 Å². The van der Waals surface area contributed by atoms with E-state index in [2.05, 4.69) is 15.0 Å². The van der Waals surface area contributed by atoms with Gasteiger partial charge in [0.05, 0.1) is 28.8 Å². The van der Waals surface area contributed by atoms with Gasteiger partial charge in [0.15, 0.2) is 4.96 Å². The van der Waals surface area contributed by atoms with Crippen LogP contribution in [-0.2, 0) is 6.54 Å². The number of halogens is 1. The molecule has 0 spiro atoms. The van der Waals surface area contributed by atoms with Crippen molar-refractivity contribution in [2.24, 2.45) is 0 Å². The molecule has 1 aromatic carbocycles. The summed E-state index contributed by atoms with van der Waals surface area (Å²) in [5.74, 6) is -0.301. The van der Waals surface area contributed by atoms with Crippen molar-refractivity contribution in [1.29, 1.82) is 0 Å². The lowest BCUT2D eigenvalue weighted by atomic mass is 10.0. The van der Waals surface area contributed by atoms with E-state index < -0.39 is 0 Å². The molecular formula is C24H25FN6O2S. The average Bonchev–Trinajstić information content (AvgIpc) is 3.47. The fourth-order valence-corrected chi connectivity index (χ4v) is 5.08.